The molecule has 32 heavy (non-hydrogen) atoms. The Labute approximate surface area is 190 Å². The van der Waals surface area contributed by atoms with Crippen molar-refractivity contribution in [3.05, 3.63) is 109 Å². The molecule has 0 saturated carbocycles. The Morgan fingerprint density at radius 3 is 2.09 bits per heavy atom. The average Bonchev–Trinajstić information content (AvgIpc) is 3.07. The molecule has 0 saturated heterocycles. The van der Waals surface area contributed by atoms with Gasteiger partial charge < -0.3 is 5.32 Å². The van der Waals surface area contributed by atoms with Crippen molar-refractivity contribution in [3.8, 4) is 22.3 Å². The Bertz CT molecular complexity index is 1460. The predicted molar refractivity (Wildman–Crippen MR) is 141 cm³/mol. The van der Waals surface area contributed by atoms with E-state index in [0.717, 1.165) is 5.69 Å². The van der Waals surface area contributed by atoms with Gasteiger partial charge in [-0.1, -0.05) is 98.0 Å². The van der Waals surface area contributed by atoms with Gasteiger partial charge in [0.1, 0.15) is 8.07 Å². The molecule has 1 aliphatic heterocycles. The van der Waals surface area contributed by atoms with Crippen LogP contribution in [0.25, 0.3) is 33.0 Å². The van der Waals surface area contributed by atoms with E-state index in [2.05, 4.69) is 128 Å². The monoisotopic (exact) mass is 427 g/mol. The molecular weight excluding hydrogens is 402 g/mol. The van der Waals surface area contributed by atoms with E-state index in [4.69, 9.17) is 0 Å². The van der Waals surface area contributed by atoms with Gasteiger partial charge in [0.2, 0.25) is 0 Å². The van der Waals surface area contributed by atoms with Gasteiger partial charge in [0.05, 0.1) is 0 Å². The van der Waals surface area contributed by atoms with Crippen molar-refractivity contribution in [3.63, 3.8) is 0 Å². The molecule has 5 aromatic rings. The van der Waals surface area contributed by atoms with Crippen molar-refractivity contribution in [1.82, 2.24) is 0 Å². The van der Waals surface area contributed by atoms with Crippen LogP contribution >= 0.6 is 0 Å². The largest absolute Gasteiger partial charge is 0.355 e. The lowest BCUT2D eigenvalue weighted by atomic mass is 10.0. The fraction of sp³-hybridized carbons (Fsp3) is 0.0667. The Morgan fingerprint density at radius 2 is 1.25 bits per heavy atom. The third kappa shape index (κ3) is 2.99. The maximum Gasteiger partial charge on any atom is 0.113 e. The molecule has 1 heterocycles. The molecule has 1 N–H and O–H groups in total. The first-order valence-electron chi connectivity index (χ1n) is 11.2. The highest BCUT2D eigenvalue weighted by atomic mass is 28.3. The zero-order valence-corrected chi connectivity index (χ0v) is 19.4. The van der Waals surface area contributed by atoms with E-state index >= 15 is 0 Å². The van der Waals surface area contributed by atoms with Crippen molar-refractivity contribution in [2.75, 3.05) is 5.32 Å². The molecule has 0 unspecified atom stereocenters. The fourth-order valence-electron chi connectivity index (χ4n) is 5.13. The molecule has 0 atom stereocenters. The second kappa shape index (κ2) is 7.22. The Kier molecular flexibility index (Phi) is 4.31. The van der Waals surface area contributed by atoms with Crippen LogP contribution in [-0.2, 0) is 0 Å². The standard InChI is InChI=1S/C30H25NSi/c1-32(2)28-12-6-5-10-26(28)30-27(11-7-13-29(30)32)31-25-18-16-22(17-19-25)24-15-14-21-8-3-4-9-23(21)20-24/h3-20,31H,1-2H3. The van der Waals surface area contributed by atoms with Gasteiger partial charge in [-0.25, -0.2) is 0 Å². The smallest absolute Gasteiger partial charge is 0.113 e. The van der Waals surface area contributed by atoms with E-state index in [9.17, 15) is 0 Å². The molecule has 5 aromatic carbocycles. The number of rotatable bonds is 3. The van der Waals surface area contributed by atoms with E-state index in [0.29, 0.717) is 0 Å². The lowest BCUT2D eigenvalue weighted by Crippen LogP contribution is -2.49. The summed E-state index contributed by atoms with van der Waals surface area (Å²) in [6.45, 7) is 4.92. The number of nitrogens with one attached hydrogen (secondary N) is 1. The highest BCUT2D eigenvalue weighted by Gasteiger charge is 2.38. The molecular formula is C30H25NSi. The van der Waals surface area contributed by atoms with Crippen molar-refractivity contribution in [1.29, 1.82) is 0 Å². The summed E-state index contributed by atoms with van der Waals surface area (Å²) in [5.74, 6) is 0. The van der Waals surface area contributed by atoms with Crippen LogP contribution in [0.5, 0.6) is 0 Å². The molecule has 1 nitrogen and oxygen atoms in total. The molecule has 1 aliphatic rings. The molecule has 0 fully saturated rings. The lowest BCUT2D eigenvalue weighted by Gasteiger charge is -2.19. The number of hydrogen-bond donors (Lipinski definition) is 1. The molecule has 0 aromatic heterocycles. The predicted octanol–water partition coefficient (Wildman–Crippen LogP) is 7.05. The summed E-state index contributed by atoms with van der Waals surface area (Å²) in [6.07, 6.45) is 0. The summed E-state index contributed by atoms with van der Waals surface area (Å²) < 4.78 is 0. The van der Waals surface area contributed by atoms with Crippen molar-refractivity contribution >= 4 is 40.6 Å². The van der Waals surface area contributed by atoms with Gasteiger partial charge in [-0.05, 0) is 62.1 Å². The van der Waals surface area contributed by atoms with Crippen molar-refractivity contribution < 1.29 is 0 Å². The number of anilines is 2. The first kappa shape index (κ1) is 19.1. The molecule has 0 bridgehead atoms. The number of fused-ring (bicyclic) bond motifs is 4. The third-order valence-corrected chi connectivity index (χ3v) is 10.4. The summed E-state index contributed by atoms with van der Waals surface area (Å²) in [6, 6.07) is 39.7. The Balaban J connectivity index is 1.35. The van der Waals surface area contributed by atoms with Crippen LogP contribution in [0.4, 0.5) is 11.4 Å². The van der Waals surface area contributed by atoms with Gasteiger partial charge in [-0.3, -0.25) is 0 Å². The Morgan fingerprint density at radius 1 is 0.562 bits per heavy atom. The summed E-state index contributed by atoms with van der Waals surface area (Å²) in [5, 5.41) is 9.33. The highest BCUT2D eigenvalue weighted by molar-refractivity contribution is 7.04. The average molecular weight is 428 g/mol. The minimum atomic E-state index is -1.65. The lowest BCUT2D eigenvalue weighted by molar-refractivity contribution is 1.55. The van der Waals surface area contributed by atoms with Crippen LogP contribution < -0.4 is 15.7 Å². The van der Waals surface area contributed by atoms with Crippen LogP contribution in [0.2, 0.25) is 13.1 Å². The molecule has 154 valence electrons. The Hall–Kier alpha value is -3.62. The van der Waals surface area contributed by atoms with Crippen LogP contribution in [0, 0.1) is 0 Å². The number of benzene rings is 5. The summed E-state index contributed by atoms with van der Waals surface area (Å²) in [7, 11) is -1.65. The molecule has 6 rings (SSSR count). The van der Waals surface area contributed by atoms with E-state index in [1.165, 1.54) is 49.1 Å². The van der Waals surface area contributed by atoms with Crippen LogP contribution in [0.1, 0.15) is 0 Å². The van der Waals surface area contributed by atoms with Crippen LogP contribution in [-0.4, -0.2) is 8.07 Å². The second-order valence-electron chi connectivity index (χ2n) is 9.16. The van der Waals surface area contributed by atoms with Crippen LogP contribution in [0.15, 0.2) is 109 Å². The van der Waals surface area contributed by atoms with E-state index in [1.54, 1.807) is 0 Å². The quantitative estimate of drug-likeness (QED) is 0.304. The molecule has 0 radical (unpaired) electrons. The minimum Gasteiger partial charge on any atom is -0.355 e. The topological polar surface area (TPSA) is 12.0 Å². The van der Waals surface area contributed by atoms with Gasteiger partial charge >= 0.3 is 0 Å². The SMILES string of the molecule is C[Si]1(C)c2ccccc2-c2c(Nc3ccc(-c4ccc5ccccc5c4)cc3)cccc21. The van der Waals surface area contributed by atoms with Gasteiger partial charge in [0.15, 0.2) is 0 Å². The maximum absolute atomic E-state index is 3.71. The minimum absolute atomic E-state index is 1.12. The summed E-state index contributed by atoms with van der Waals surface area (Å²) in [4.78, 5) is 0. The second-order valence-corrected chi connectivity index (χ2v) is 13.5. The number of hydrogen-bond acceptors (Lipinski definition) is 1. The summed E-state index contributed by atoms with van der Waals surface area (Å²) in [5.41, 5.74) is 7.59. The van der Waals surface area contributed by atoms with Crippen molar-refractivity contribution in [2.45, 2.75) is 13.1 Å². The zero-order valence-electron chi connectivity index (χ0n) is 18.4. The fourth-order valence-corrected chi connectivity index (χ4v) is 8.22. The molecule has 0 amide bonds. The van der Waals surface area contributed by atoms with Gasteiger partial charge in [-0.2, -0.15) is 0 Å². The van der Waals surface area contributed by atoms with E-state index in [-0.39, 0.29) is 0 Å². The van der Waals surface area contributed by atoms with Crippen molar-refractivity contribution in [2.24, 2.45) is 0 Å². The third-order valence-electron chi connectivity index (χ3n) is 6.85. The van der Waals surface area contributed by atoms with Crippen LogP contribution in [0.3, 0.4) is 0 Å². The van der Waals surface area contributed by atoms with E-state index < -0.39 is 8.07 Å². The van der Waals surface area contributed by atoms with Gasteiger partial charge in [0.25, 0.3) is 0 Å². The van der Waals surface area contributed by atoms with Gasteiger partial charge in [-0.15, -0.1) is 0 Å². The van der Waals surface area contributed by atoms with Gasteiger partial charge in [0, 0.05) is 16.9 Å². The zero-order chi connectivity index (χ0) is 21.7. The summed E-state index contributed by atoms with van der Waals surface area (Å²) >= 11 is 0. The molecule has 0 aliphatic carbocycles. The maximum atomic E-state index is 3.71. The first-order valence-corrected chi connectivity index (χ1v) is 14.2. The molecule has 0 spiro atoms. The first-order chi connectivity index (χ1) is 15.6. The molecule has 2 heteroatoms. The highest BCUT2D eigenvalue weighted by Crippen LogP contribution is 2.35. The normalized spacial score (nSPS) is 13.6. The van der Waals surface area contributed by atoms with E-state index in [1.807, 2.05) is 0 Å².